The highest BCUT2D eigenvalue weighted by Gasteiger charge is 2.49. The molecule has 7 heteroatoms. The van der Waals surface area contributed by atoms with Gasteiger partial charge in [0.2, 0.25) is 11.8 Å². The first-order valence-corrected chi connectivity index (χ1v) is 13.3. The molecular weight excluding hydrogens is 416 g/mol. The average molecular weight is 459 g/mol. The largest absolute Gasteiger partial charge is 0.378 e. The maximum absolute atomic E-state index is 13.9. The van der Waals surface area contributed by atoms with Gasteiger partial charge in [0.15, 0.2) is 0 Å². The van der Waals surface area contributed by atoms with Crippen LogP contribution in [0.1, 0.15) is 84.0 Å². The van der Waals surface area contributed by atoms with E-state index in [0.717, 1.165) is 32.2 Å². The molecule has 4 fully saturated rings. The second-order valence-corrected chi connectivity index (χ2v) is 11.1. The van der Waals surface area contributed by atoms with Crippen LogP contribution in [0.3, 0.4) is 0 Å². The molecule has 0 radical (unpaired) electrons. The zero-order valence-electron chi connectivity index (χ0n) is 20.4. The first-order chi connectivity index (χ1) is 16.0. The SMILES string of the molecule is CC(CC(=O)N1CCOCC1)(C(=O)NC1(C#N)CCN(C2CCCCC2)C1)C1CCCCC1. The van der Waals surface area contributed by atoms with E-state index in [2.05, 4.69) is 16.3 Å². The molecule has 2 aliphatic carbocycles. The molecule has 2 saturated carbocycles. The van der Waals surface area contributed by atoms with Crippen molar-refractivity contribution in [3.8, 4) is 6.07 Å². The van der Waals surface area contributed by atoms with Crippen LogP contribution in [0.25, 0.3) is 0 Å². The maximum atomic E-state index is 13.9. The topological polar surface area (TPSA) is 85.7 Å². The van der Waals surface area contributed by atoms with Crippen LogP contribution in [-0.2, 0) is 14.3 Å². The molecule has 0 spiro atoms. The van der Waals surface area contributed by atoms with Gasteiger partial charge in [-0.3, -0.25) is 14.5 Å². The minimum Gasteiger partial charge on any atom is -0.378 e. The van der Waals surface area contributed by atoms with E-state index >= 15 is 0 Å². The van der Waals surface area contributed by atoms with Gasteiger partial charge in [-0.1, -0.05) is 38.5 Å². The molecule has 0 bridgehead atoms. The predicted octanol–water partition coefficient (Wildman–Crippen LogP) is 3.24. The monoisotopic (exact) mass is 458 g/mol. The van der Waals surface area contributed by atoms with Crippen LogP contribution in [0.2, 0.25) is 0 Å². The fourth-order valence-corrected chi connectivity index (χ4v) is 6.57. The van der Waals surface area contributed by atoms with Crippen molar-refractivity contribution >= 4 is 11.8 Å². The number of carbonyl (C=O) groups excluding carboxylic acids is 2. The molecule has 2 heterocycles. The Morgan fingerprint density at radius 3 is 2.30 bits per heavy atom. The zero-order chi connectivity index (χ0) is 23.3. The van der Waals surface area contributed by atoms with Crippen LogP contribution in [0.15, 0.2) is 0 Å². The Morgan fingerprint density at radius 1 is 1.03 bits per heavy atom. The summed E-state index contributed by atoms with van der Waals surface area (Å²) in [6, 6.07) is 3.02. The highest BCUT2D eigenvalue weighted by Crippen LogP contribution is 2.42. The minimum atomic E-state index is -0.841. The number of nitrogens with zero attached hydrogens (tertiary/aromatic N) is 3. The summed E-state index contributed by atoms with van der Waals surface area (Å²) >= 11 is 0. The standard InChI is InChI=1S/C26H42N4O3/c1-25(21-8-4-2-5-9-21,18-23(31)29-14-16-33-17-15-29)24(32)28-26(19-27)12-13-30(20-26)22-10-6-3-7-11-22/h21-22H,2-18,20H2,1H3,(H,28,32). The fourth-order valence-electron chi connectivity index (χ4n) is 6.57. The molecular formula is C26H42N4O3. The third-order valence-electron chi connectivity index (χ3n) is 8.86. The Morgan fingerprint density at radius 2 is 1.67 bits per heavy atom. The molecule has 7 nitrogen and oxygen atoms in total. The van der Waals surface area contributed by atoms with Crippen molar-refractivity contribution in [2.75, 3.05) is 39.4 Å². The Bertz CT molecular complexity index is 734. The summed E-state index contributed by atoms with van der Waals surface area (Å²) in [6.45, 7) is 5.78. The van der Waals surface area contributed by atoms with E-state index in [1.165, 1.54) is 38.5 Å². The number of ether oxygens (including phenoxy) is 1. The maximum Gasteiger partial charge on any atom is 0.228 e. The lowest BCUT2D eigenvalue weighted by Crippen LogP contribution is -2.57. The summed E-state index contributed by atoms with van der Waals surface area (Å²) in [5, 5.41) is 13.4. The number of nitriles is 1. The molecule has 2 unspecified atom stereocenters. The van der Waals surface area contributed by atoms with E-state index in [1.54, 1.807) is 0 Å². The normalized spacial score (nSPS) is 29.9. The Kier molecular flexibility index (Phi) is 7.96. The van der Waals surface area contributed by atoms with E-state index in [1.807, 2.05) is 11.8 Å². The molecule has 2 saturated heterocycles. The first kappa shape index (κ1) is 24.5. The van der Waals surface area contributed by atoms with Crippen molar-refractivity contribution in [3.63, 3.8) is 0 Å². The highest BCUT2D eigenvalue weighted by atomic mass is 16.5. The Labute approximate surface area is 199 Å². The van der Waals surface area contributed by atoms with Crippen molar-refractivity contribution in [3.05, 3.63) is 0 Å². The van der Waals surface area contributed by atoms with Gasteiger partial charge in [-0.25, -0.2) is 0 Å². The van der Waals surface area contributed by atoms with Gasteiger partial charge in [-0.15, -0.1) is 0 Å². The summed E-state index contributed by atoms with van der Waals surface area (Å²) in [5.41, 5.74) is -1.62. The van der Waals surface area contributed by atoms with E-state index in [0.29, 0.717) is 45.3 Å². The summed E-state index contributed by atoms with van der Waals surface area (Å²) in [4.78, 5) is 31.4. The summed E-state index contributed by atoms with van der Waals surface area (Å²) < 4.78 is 5.41. The second-order valence-electron chi connectivity index (χ2n) is 11.1. The second kappa shape index (κ2) is 10.7. The summed E-state index contributed by atoms with van der Waals surface area (Å²) in [7, 11) is 0. The molecule has 2 aliphatic heterocycles. The molecule has 2 atom stereocenters. The third-order valence-corrected chi connectivity index (χ3v) is 8.86. The van der Waals surface area contributed by atoms with Gasteiger partial charge in [-0.05, 0) is 44.9 Å². The van der Waals surface area contributed by atoms with Gasteiger partial charge >= 0.3 is 0 Å². The molecule has 0 aromatic carbocycles. The number of hydrogen-bond donors (Lipinski definition) is 1. The number of likely N-dealkylation sites (tertiary alicyclic amines) is 1. The van der Waals surface area contributed by atoms with Crippen LogP contribution < -0.4 is 5.32 Å². The summed E-state index contributed by atoms with van der Waals surface area (Å²) in [5.74, 6) is 0.133. The van der Waals surface area contributed by atoms with E-state index in [4.69, 9.17) is 4.74 Å². The molecule has 0 aromatic rings. The van der Waals surface area contributed by atoms with Crippen LogP contribution in [-0.4, -0.2) is 72.6 Å². The van der Waals surface area contributed by atoms with E-state index < -0.39 is 11.0 Å². The van der Waals surface area contributed by atoms with Gasteiger partial charge in [0, 0.05) is 38.6 Å². The Hall–Kier alpha value is -1.65. The minimum absolute atomic E-state index is 0.0442. The van der Waals surface area contributed by atoms with Gasteiger partial charge in [0.25, 0.3) is 0 Å². The smallest absolute Gasteiger partial charge is 0.228 e. The molecule has 184 valence electrons. The van der Waals surface area contributed by atoms with Gasteiger partial charge < -0.3 is 15.0 Å². The molecule has 4 aliphatic rings. The van der Waals surface area contributed by atoms with Gasteiger partial charge in [0.05, 0.1) is 24.7 Å². The van der Waals surface area contributed by atoms with E-state index in [-0.39, 0.29) is 24.2 Å². The van der Waals surface area contributed by atoms with Crippen molar-refractivity contribution in [1.82, 2.24) is 15.1 Å². The lowest BCUT2D eigenvalue weighted by atomic mass is 9.67. The predicted molar refractivity (Wildman–Crippen MR) is 126 cm³/mol. The average Bonchev–Trinajstić information content (AvgIpc) is 3.30. The molecule has 2 amide bonds. The van der Waals surface area contributed by atoms with Gasteiger partial charge in [0.1, 0.15) is 5.54 Å². The number of carbonyl (C=O) groups is 2. The van der Waals surface area contributed by atoms with Crippen molar-refractivity contribution in [2.24, 2.45) is 11.3 Å². The number of morpholine rings is 1. The van der Waals surface area contributed by atoms with Crippen LogP contribution in [0, 0.1) is 22.7 Å². The quantitative estimate of drug-likeness (QED) is 0.660. The number of rotatable bonds is 6. The molecule has 1 N–H and O–H groups in total. The Balaban J connectivity index is 1.48. The number of amides is 2. The third kappa shape index (κ3) is 5.54. The van der Waals surface area contributed by atoms with Gasteiger partial charge in [-0.2, -0.15) is 5.26 Å². The van der Waals surface area contributed by atoms with Crippen LogP contribution >= 0.6 is 0 Å². The van der Waals surface area contributed by atoms with Crippen molar-refractivity contribution in [1.29, 1.82) is 5.26 Å². The van der Waals surface area contributed by atoms with Crippen molar-refractivity contribution in [2.45, 2.75) is 95.6 Å². The lowest BCUT2D eigenvalue weighted by molar-refractivity contribution is -0.147. The molecule has 33 heavy (non-hydrogen) atoms. The number of hydrogen-bond acceptors (Lipinski definition) is 5. The fraction of sp³-hybridized carbons (Fsp3) is 0.885. The van der Waals surface area contributed by atoms with Crippen LogP contribution in [0.4, 0.5) is 0 Å². The number of nitrogens with one attached hydrogen (secondary N) is 1. The summed E-state index contributed by atoms with van der Waals surface area (Å²) in [6.07, 6.45) is 12.5. The van der Waals surface area contributed by atoms with E-state index in [9.17, 15) is 14.9 Å². The first-order valence-electron chi connectivity index (χ1n) is 13.3. The highest BCUT2D eigenvalue weighted by molar-refractivity contribution is 5.89. The zero-order valence-corrected chi connectivity index (χ0v) is 20.4. The van der Waals surface area contributed by atoms with Crippen molar-refractivity contribution < 1.29 is 14.3 Å². The molecule has 4 rings (SSSR count). The molecule has 0 aromatic heterocycles. The van der Waals surface area contributed by atoms with Crippen LogP contribution in [0.5, 0.6) is 0 Å². The lowest BCUT2D eigenvalue weighted by Gasteiger charge is -2.41.